The number of aliphatic hydroxyl groups excluding tert-OH is 1. The normalized spacial score (nSPS) is 14.4. The fourth-order valence-electron chi connectivity index (χ4n) is 11.6. The topological polar surface area (TPSA) is 237 Å². The Labute approximate surface area is 599 Å². The van der Waals surface area contributed by atoms with Crippen molar-refractivity contribution in [2.24, 2.45) is 11.8 Å². The second-order valence-corrected chi connectivity index (χ2v) is 31.4. The molecule has 0 radical (unpaired) electrons. The molecule has 0 aliphatic carbocycles. The fraction of sp³-hybridized carbons (Fsp3) is 0.899. The Kier molecular flexibility index (Phi) is 68.5. The molecule has 0 aromatic heterocycles. The van der Waals surface area contributed by atoms with Gasteiger partial charge in [0.15, 0.2) is 12.2 Å². The van der Waals surface area contributed by atoms with Crippen molar-refractivity contribution in [3.63, 3.8) is 0 Å². The second-order valence-electron chi connectivity index (χ2n) is 28.5. The van der Waals surface area contributed by atoms with Gasteiger partial charge in [0.1, 0.15) is 19.3 Å². The number of rotatable bonds is 76. The zero-order valence-electron chi connectivity index (χ0n) is 63.6. The summed E-state index contributed by atoms with van der Waals surface area (Å²) in [6.07, 6.45) is 61.7. The lowest BCUT2D eigenvalue weighted by Gasteiger charge is -2.21. The standard InChI is InChI=1S/C79H150O17P2/c1-7-10-12-14-16-18-20-22-24-29-32-36-43-49-55-61-76(81)89-67-74(95-79(84)64-58-52-46-38-34-30-26-25-27-31-35-41-47-53-59-71(4)5)69-93-97(85,86)91-65-73(80)66-92-98(87,88)94-70-75(68-90-77(82)62-56-50-44-40-39-42-48-54-60-72(6)9-3)96-78(83)63-57-51-45-37-33-28-23-21-19-17-15-13-11-8-2/h18,20,22,24,71-75,80H,7-17,19,21,23,25-70H2,1-6H3,(H,85,86)(H,87,88)/b20-18-,24-22-/t72?,73-,74-,75-/m1/s1. The smallest absolute Gasteiger partial charge is 0.462 e. The highest BCUT2D eigenvalue weighted by atomic mass is 31.2. The zero-order chi connectivity index (χ0) is 72.1. The average molecular weight is 1430 g/mol. The molecule has 0 heterocycles. The molecule has 0 bridgehead atoms. The predicted molar refractivity (Wildman–Crippen MR) is 400 cm³/mol. The lowest BCUT2D eigenvalue weighted by molar-refractivity contribution is -0.161. The molecule has 19 heteroatoms. The molecule has 0 aromatic carbocycles. The summed E-state index contributed by atoms with van der Waals surface area (Å²) in [6.45, 7) is 9.58. The van der Waals surface area contributed by atoms with Crippen molar-refractivity contribution in [1.82, 2.24) is 0 Å². The maximum absolute atomic E-state index is 13.1. The molecule has 0 aliphatic heterocycles. The van der Waals surface area contributed by atoms with Gasteiger partial charge in [0, 0.05) is 25.7 Å². The Balaban J connectivity index is 5.30. The predicted octanol–water partition coefficient (Wildman–Crippen LogP) is 23.1. The van der Waals surface area contributed by atoms with Crippen LogP contribution in [0.5, 0.6) is 0 Å². The molecule has 578 valence electrons. The van der Waals surface area contributed by atoms with Crippen LogP contribution in [0.4, 0.5) is 0 Å². The molecule has 0 amide bonds. The molecule has 3 N–H and O–H groups in total. The Morgan fingerprint density at radius 1 is 0.337 bits per heavy atom. The van der Waals surface area contributed by atoms with Crippen molar-refractivity contribution >= 4 is 39.5 Å². The van der Waals surface area contributed by atoms with Crippen LogP contribution in [0, 0.1) is 11.8 Å². The van der Waals surface area contributed by atoms with Gasteiger partial charge in [-0.15, -0.1) is 0 Å². The number of allylic oxidation sites excluding steroid dienone is 4. The zero-order valence-corrected chi connectivity index (χ0v) is 65.4. The third kappa shape index (κ3) is 70.6. The Bertz CT molecular complexity index is 1990. The van der Waals surface area contributed by atoms with Crippen molar-refractivity contribution < 1.29 is 80.2 Å². The first-order chi connectivity index (χ1) is 47.4. The molecule has 0 aromatic rings. The largest absolute Gasteiger partial charge is 0.472 e. The van der Waals surface area contributed by atoms with E-state index in [0.717, 1.165) is 121 Å². The van der Waals surface area contributed by atoms with E-state index in [1.54, 1.807) is 0 Å². The first kappa shape index (κ1) is 95.5. The average Bonchev–Trinajstić information content (AvgIpc) is 0.987. The summed E-state index contributed by atoms with van der Waals surface area (Å²) in [5.41, 5.74) is 0. The van der Waals surface area contributed by atoms with Crippen LogP contribution in [0.1, 0.15) is 388 Å². The van der Waals surface area contributed by atoms with Crippen LogP contribution in [0.15, 0.2) is 24.3 Å². The molecule has 17 nitrogen and oxygen atoms in total. The summed E-state index contributed by atoms with van der Waals surface area (Å²) in [7, 11) is -9.93. The number of ether oxygens (including phenoxy) is 4. The number of phosphoric acid groups is 2. The van der Waals surface area contributed by atoms with Gasteiger partial charge in [-0.2, -0.15) is 0 Å². The van der Waals surface area contributed by atoms with E-state index in [-0.39, 0.29) is 25.7 Å². The van der Waals surface area contributed by atoms with E-state index in [9.17, 15) is 43.2 Å². The van der Waals surface area contributed by atoms with Crippen LogP contribution < -0.4 is 0 Å². The van der Waals surface area contributed by atoms with Gasteiger partial charge >= 0.3 is 39.5 Å². The van der Waals surface area contributed by atoms with Crippen molar-refractivity contribution in [3.8, 4) is 0 Å². The van der Waals surface area contributed by atoms with Gasteiger partial charge < -0.3 is 33.8 Å². The number of phosphoric ester groups is 2. The van der Waals surface area contributed by atoms with Crippen molar-refractivity contribution in [1.29, 1.82) is 0 Å². The molecular weight excluding hydrogens is 1280 g/mol. The first-order valence-electron chi connectivity index (χ1n) is 40.3. The Morgan fingerprint density at radius 2 is 0.602 bits per heavy atom. The molecule has 0 saturated carbocycles. The SMILES string of the molecule is CCCCCC/C=C\C=C/CCCCCCCC(=O)OC[C@H](COP(=O)(O)OC[C@@H](O)COP(=O)(O)OC[C@@H](COC(=O)CCCCCCCCCCC(C)CC)OC(=O)CCCCCCCCCCCCCCCC)OC(=O)CCCCCCCCCCCCCCCCC(C)C. The molecule has 98 heavy (non-hydrogen) atoms. The molecule has 0 rings (SSSR count). The van der Waals surface area contributed by atoms with Crippen molar-refractivity contribution in [2.75, 3.05) is 39.6 Å². The number of aliphatic hydroxyl groups is 1. The van der Waals surface area contributed by atoms with Crippen molar-refractivity contribution in [2.45, 2.75) is 407 Å². The highest BCUT2D eigenvalue weighted by molar-refractivity contribution is 7.47. The summed E-state index contributed by atoms with van der Waals surface area (Å²) in [6, 6.07) is 0. The lowest BCUT2D eigenvalue weighted by Crippen LogP contribution is -2.30. The van der Waals surface area contributed by atoms with Gasteiger partial charge in [-0.25, -0.2) is 9.13 Å². The number of carbonyl (C=O) groups excluding carboxylic acids is 4. The van der Waals surface area contributed by atoms with Crippen LogP contribution in [0.2, 0.25) is 0 Å². The van der Waals surface area contributed by atoms with Gasteiger partial charge in [0.25, 0.3) is 0 Å². The second kappa shape index (κ2) is 70.2. The maximum atomic E-state index is 13.1. The van der Waals surface area contributed by atoms with Crippen LogP contribution in [0.3, 0.4) is 0 Å². The van der Waals surface area contributed by atoms with Crippen LogP contribution in [-0.2, 0) is 65.4 Å². The lowest BCUT2D eigenvalue weighted by atomic mass is 9.99. The van der Waals surface area contributed by atoms with E-state index >= 15 is 0 Å². The minimum Gasteiger partial charge on any atom is -0.462 e. The Morgan fingerprint density at radius 3 is 0.918 bits per heavy atom. The summed E-state index contributed by atoms with van der Waals surface area (Å²) in [4.78, 5) is 73.0. The minimum absolute atomic E-state index is 0.101. The first-order valence-corrected chi connectivity index (χ1v) is 43.3. The van der Waals surface area contributed by atoms with E-state index in [0.29, 0.717) is 25.7 Å². The van der Waals surface area contributed by atoms with E-state index in [4.69, 9.17) is 37.0 Å². The van der Waals surface area contributed by atoms with Gasteiger partial charge in [0.2, 0.25) is 0 Å². The van der Waals surface area contributed by atoms with Gasteiger partial charge in [-0.3, -0.25) is 37.3 Å². The molecule has 0 spiro atoms. The maximum Gasteiger partial charge on any atom is 0.472 e. The quantitative estimate of drug-likeness (QED) is 0.0169. The number of hydrogen-bond acceptors (Lipinski definition) is 15. The van der Waals surface area contributed by atoms with E-state index < -0.39 is 97.5 Å². The van der Waals surface area contributed by atoms with Crippen LogP contribution in [-0.4, -0.2) is 96.7 Å². The highest BCUT2D eigenvalue weighted by Gasteiger charge is 2.30. The molecule has 3 unspecified atom stereocenters. The molecule has 0 aliphatic rings. The van der Waals surface area contributed by atoms with Crippen molar-refractivity contribution in [3.05, 3.63) is 24.3 Å². The Hall–Kier alpha value is -2.46. The fourth-order valence-corrected chi connectivity index (χ4v) is 13.2. The number of carbonyl (C=O) groups is 4. The van der Waals surface area contributed by atoms with Gasteiger partial charge in [-0.05, 0) is 63.2 Å². The number of unbranched alkanes of at least 4 members (excludes halogenated alkanes) is 42. The molecule has 6 atom stereocenters. The van der Waals surface area contributed by atoms with E-state index in [1.165, 1.54) is 186 Å². The van der Waals surface area contributed by atoms with E-state index in [2.05, 4.69) is 65.8 Å². The van der Waals surface area contributed by atoms with E-state index in [1.807, 2.05) is 0 Å². The third-order valence-corrected chi connectivity index (χ3v) is 20.1. The van der Waals surface area contributed by atoms with Crippen LogP contribution >= 0.6 is 15.6 Å². The molecule has 0 fully saturated rings. The van der Waals surface area contributed by atoms with Gasteiger partial charge in [0.05, 0.1) is 26.4 Å². The monoisotopic (exact) mass is 1430 g/mol. The summed E-state index contributed by atoms with van der Waals surface area (Å²) < 4.78 is 68.6. The van der Waals surface area contributed by atoms with Gasteiger partial charge in [-0.1, -0.05) is 336 Å². The van der Waals surface area contributed by atoms with Crippen LogP contribution in [0.25, 0.3) is 0 Å². The minimum atomic E-state index is -4.97. The number of esters is 4. The highest BCUT2D eigenvalue weighted by Crippen LogP contribution is 2.45. The summed E-state index contributed by atoms with van der Waals surface area (Å²) >= 11 is 0. The molecular formula is C79H150O17P2. The third-order valence-electron chi connectivity index (χ3n) is 18.2. The number of hydrogen-bond donors (Lipinski definition) is 3. The summed E-state index contributed by atoms with van der Waals surface area (Å²) in [5, 5.41) is 10.6. The molecule has 0 saturated heterocycles. The summed E-state index contributed by atoms with van der Waals surface area (Å²) in [5.74, 6) is -0.571.